The topological polar surface area (TPSA) is 259 Å². The number of fused-ring (bicyclic) bond motifs is 1. The molecule has 0 saturated carbocycles. The molecule has 2 aromatic heterocycles. The molecule has 4 unspecified atom stereocenters. The number of aliphatic hydroxyl groups is 1. The Kier molecular flexibility index (Phi) is 11.8. The van der Waals surface area contributed by atoms with Gasteiger partial charge in [-0.15, -0.1) is 0 Å². The third-order valence-corrected chi connectivity index (χ3v) is 8.04. The minimum absolute atomic E-state index is 0.0494. The number of benzene rings is 1. The zero-order valence-corrected chi connectivity index (χ0v) is 27.7. The molecule has 10 N–H and O–H groups in total. The average molecular weight is 751 g/mol. The van der Waals surface area contributed by atoms with Crippen molar-refractivity contribution < 1.29 is 38.7 Å². The molecule has 256 valence electrons. The molecule has 1 aliphatic heterocycles. The number of nitrogens with zero attached hydrogens (tertiary/aromatic N) is 1. The van der Waals surface area contributed by atoms with Gasteiger partial charge in [0.15, 0.2) is 0 Å². The zero-order chi connectivity index (χ0) is 35.1. The first-order chi connectivity index (χ1) is 22.7. The van der Waals surface area contributed by atoms with Crippen molar-refractivity contribution in [2.24, 2.45) is 12.8 Å². The molecular formula is C29H33BrClN9O8. The number of β-amino-alcohol motifs (C(OH)–C–C–N with tert-alkyl or cyclic N) is 1. The summed E-state index contributed by atoms with van der Waals surface area (Å²) in [6.07, 6.45) is 0.636. The van der Waals surface area contributed by atoms with Crippen LogP contribution >= 0.6 is 27.5 Å². The summed E-state index contributed by atoms with van der Waals surface area (Å²) in [7, 11) is 1.58. The first-order valence-electron chi connectivity index (χ1n) is 14.5. The van der Waals surface area contributed by atoms with Gasteiger partial charge in [-0.3, -0.25) is 33.6 Å². The molecule has 19 heteroatoms. The van der Waals surface area contributed by atoms with Crippen molar-refractivity contribution in [2.45, 2.75) is 37.1 Å². The Balaban J connectivity index is 1.56. The van der Waals surface area contributed by atoms with E-state index in [1.54, 1.807) is 13.2 Å². The van der Waals surface area contributed by atoms with Gasteiger partial charge in [0.2, 0.25) is 29.5 Å². The van der Waals surface area contributed by atoms with E-state index < -0.39 is 91.6 Å². The second-order valence-corrected chi connectivity index (χ2v) is 12.3. The number of halogens is 2. The van der Waals surface area contributed by atoms with E-state index >= 15 is 0 Å². The number of carbonyl (C=O) groups is 7. The van der Waals surface area contributed by atoms with Gasteiger partial charge in [-0.05, 0) is 29.8 Å². The first kappa shape index (κ1) is 35.9. The summed E-state index contributed by atoms with van der Waals surface area (Å²) in [5, 5.41) is 25.9. The summed E-state index contributed by atoms with van der Waals surface area (Å²) in [5.41, 5.74) is 6.82. The molecular weight excluding hydrogens is 718 g/mol. The summed E-state index contributed by atoms with van der Waals surface area (Å²) in [6, 6.07) is 2.48. The maximum Gasteiger partial charge on any atom is 0.268 e. The number of carbonyl (C=O) groups excluding carboxylic acids is 7. The number of hydrogen-bond donors (Lipinski definition) is 9. The largest absolute Gasteiger partial charge is 0.381 e. The first-order valence-corrected chi connectivity index (χ1v) is 15.7. The molecule has 1 aromatic carbocycles. The molecule has 0 aliphatic carbocycles. The van der Waals surface area contributed by atoms with Crippen LogP contribution in [0.3, 0.4) is 0 Å². The minimum atomic E-state index is -1.80. The SMILES string of the molecule is Cn1cc(Cl)cc1C(=O)NCC(=O)NC1CNC(=O)C(Cc2c[nH]c3ccc(Br)cc23)NC(=O)C(O)CNC(=O)C(CC(N)=O)NC1=O. The van der Waals surface area contributed by atoms with Crippen molar-refractivity contribution in [3.8, 4) is 0 Å². The van der Waals surface area contributed by atoms with E-state index in [-0.39, 0.29) is 12.1 Å². The van der Waals surface area contributed by atoms with Gasteiger partial charge in [0.25, 0.3) is 11.8 Å². The molecule has 1 aliphatic rings. The van der Waals surface area contributed by atoms with E-state index in [1.165, 1.54) is 16.8 Å². The van der Waals surface area contributed by atoms with Crippen LogP contribution in [0.1, 0.15) is 22.5 Å². The highest BCUT2D eigenvalue weighted by atomic mass is 79.9. The number of nitrogens with two attached hydrogens (primary N) is 1. The second kappa shape index (κ2) is 15.8. The fraction of sp³-hybridized carbons (Fsp3) is 0.345. The van der Waals surface area contributed by atoms with Gasteiger partial charge in [0.1, 0.15) is 29.9 Å². The van der Waals surface area contributed by atoms with E-state index in [9.17, 15) is 38.7 Å². The van der Waals surface area contributed by atoms with Gasteiger partial charge in [-0.1, -0.05) is 27.5 Å². The monoisotopic (exact) mass is 749 g/mol. The predicted octanol–water partition coefficient (Wildman–Crippen LogP) is -2.17. The molecule has 48 heavy (non-hydrogen) atoms. The number of aromatic nitrogens is 2. The van der Waals surface area contributed by atoms with E-state index in [0.717, 1.165) is 15.4 Å². The Morgan fingerprint density at radius 3 is 2.40 bits per heavy atom. The molecule has 7 amide bonds. The maximum atomic E-state index is 13.5. The number of nitrogens with one attached hydrogen (secondary N) is 7. The van der Waals surface area contributed by atoms with Crippen molar-refractivity contribution in [2.75, 3.05) is 19.6 Å². The zero-order valence-electron chi connectivity index (χ0n) is 25.4. The summed E-state index contributed by atoms with van der Waals surface area (Å²) >= 11 is 9.33. The number of H-pyrrole nitrogens is 1. The molecule has 17 nitrogen and oxygen atoms in total. The van der Waals surface area contributed by atoms with Crippen molar-refractivity contribution in [3.63, 3.8) is 0 Å². The highest BCUT2D eigenvalue weighted by Gasteiger charge is 2.32. The fourth-order valence-corrected chi connectivity index (χ4v) is 5.50. The molecule has 1 saturated heterocycles. The van der Waals surface area contributed by atoms with Gasteiger partial charge < -0.3 is 52.3 Å². The predicted molar refractivity (Wildman–Crippen MR) is 174 cm³/mol. The number of primary amides is 1. The molecule has 3 aromatic rings. The minimum Gasteiger partial charge on any atom is -0.381 e. The van der Waals surface area contributed by atoms with Crippen LogP contribution in [-0.4, -0.2) is 99.9 Å². The third kappa shape index (κ3) is 9.33. The Bertz CT molecular complexity index is 1760. The molecule has 1 fully saturated rings. The fourth-order valence-electron chi connectivity index (χ4n) is 4.89. The molecule has 0 bridgehead atoms. The van der Waals surface area contributed by atoms with Crippen LogP contribution in [0.15, 0.2) is 41.1 Å². The number of aliphatic hydroxyl groups excluding tert-OH is 1. The number of aromatic amines is 1. The van der Waals surface area contributed by atoms with Crippen LogP contribution in [0.25, 0.3) is 10.9 Å². The van der Waals surface area contributed by atoms with Crippen LogP contribution in [0, 0.1) is 0 Å². The summed E-state index contributed by atoms with van der Waals surface area (Å²) in [5.74, 6) is -6.11. The van der Waals surface area contributed by atoms with Crippen LogP contribution in [0.4, 0.5) is 0 Å². The van der Waals surface area contributed by atoms with Crippen molar-refractivity contribution in [1.29, 1.82) is 0 Å². The van der Waals surface area contributed by atoms with Crippen molar-refractivity contribution in [3.05, 3.63) is 57.4 Å². The number of aryl methyl sites for hydroxylation is 1. The number of hydrogen-bond acceptors (Lipinski definition) is 8. The highest BCUT2D eigenvalue weighted by molar-refractivity contribution is 9.10. The lowest BCUT2D eigenvalue weighted by Crippen LogP contribution is -2.61. The summed E-state index contributed by atoms with van der Waals surface area (Å²) in [6.45, 7) is -1.76. The highest BCUT2D eigenvalue weighted by Crippen LogP contribution is 2.24. The molecule has 0 spiro atoms. The Morgan fingerprint density at radius 2 is 1.71 bits per heavy atom. The normalized spacial score (nSPS) is 20.9. The van der Waals surface area contributed by atoms with Crippen LogP contribution in [0.5, 0.6) is 0 Å². The van der Waals surface area contributed by atoms with Crippen LogP contribution in [-0.2, 0) is 42.2 Å². The number of amides is 7. The van der Waals surface area contributed by atoms with Gasteiger partial charge in [0, 0.05) is 47.8 Å². The molecule has 0 radical (unpaired) electrons. The van der Waals surface area contributed by atoms with Gasteiger partial charge in [-0.25, -0.2) is 0 Å². The van der Waals surface area contributed by atoms with Gasteiger partial charge in [-0.2, -0.15) is 0 Å². The lowest BCUT2D eigenvalue weighted by atomic mass is 10.0. The van der Waals surface area contributed by atoms with Crippen LogP contribution in [0.2, 0.25) is 5.02 Å². The van der Waals surface area contributed by atoms with Gasteiger partial charge in [0.05, 0.1) is 24.5 Å². The second-order valence-electron chi connectivity index (χ2n) is 11.0. The Labute approximate surface area is 286 Å². The lowest BCUT2D eigenvalue weighted by Gasteiger charge is -2.26. The quantitative estimate of drug-likeness (QED) is 0.122. The van der Waals surface area contributed by atoms with Crippen LogP contribution < -0.4 is 37.6 Å². The number of rotatable bonds is 8. The third-order valence-electron chi connectivity index (χ3n) is 7.34. The van der Waals surface area contributed by atoms with E-state index in [4.69, 9.17) is 17.3 Å². The van der Waals surface area contributed by atoms with Gasteiger partial charge >= 0.3 is 0 Å². The lowest BCUT2D eigenvalue weighted by molar-refractivity contribution is -0.136. The van der Waals surface area contributed by atoms with E-state index in [1.807, 2.05) is 18.2 Å². The maximum absolute atomic E-state index is 13.5. The van der Waals surface area contributed by atoms with E-state index in [2.05, 4.69) is 52.8 Å². The summed E-state index contributed by atoms with van der Waals surface area (Å²) < 4.78 is 2.22. The molecule has 3 heterocycles. The Morgan fingerprint density at radius 1 is 1.02 bits per heavy atom. The summed E-state index contributed by atoms with van der Waals surface area (Å²) in [4.78, 5) is 92.8. The molecule has 4 rings (SSSR count). The average Bonchev–Trinajstić information content (AvgIpc) is 3.59. The molecule has 4 atom stereocenters. The Hall–Kier alpha value is -4.94. The van der Waals surface area contributed by atoms with Crippen molar-refractivity contribution in [1.82, 2.24) is 41.5 Å². The standard InChI is InChI=1S/C29H33BrClN9O8/c1-40-12-15(31)6-21(40)28(47)36-11-24(43)37-20-9-34-25(44)18(4-13-8-33-17-3-2-14(30)5-16(13)17)39-29(48)22(41)10-35-26(45)19(7-23(32)42)38-27(20)46/h2-3,5-6,8,12,18-20,22,33,41H,4,7,9-11H2,1H3,(H2,32,42)(H,34,44)(H,35,45)(H,36,47)(H,37,43)(H,38,46)(H,39,48). The van der Waals surface area contributed by atoms with E-state index in [0.29, 0.717) is 10.6 Å². The van der Waals surface area contributed by atoms with Crippen molar-refractivity contribution >= 4 is 79.8 Å². The smallest absolute Gasteiger partial charge is 0.268 e.